The lowest BCUT2D eigenvalue weighted by molar-refractivity contribution is -0.266. The highest BCUT2D eigenvalue weighted by molar-refractivity contribution is 5.29. The van der Waals surface area contributed by atoms with Crippen LogP contribution in [0.1, 0.15) is 63.7 Å². The minimum atomic E-state index is -0.142. The van der Waals surface area contributed by atoms with Crippen LogP contribution in [0.15, 0.2) is 24.3 Å². The maximum atomic E-state index is 11.1. The molecule has 0 atom stereocenters. The van der Waals surface area contributed by atoms with Crippen LogP contribution in [0.2, 0.25) is 0 Å². The first kappa shape index (κ1) is 16.6. The van der Waals surface area contributed by atoms with Gasteiger partial charge in [-0.2, -0.15) is 0 Å². The normalized spacial score (nSPS) is 43.6. The second-order valence-electron chi connectivity index (χ2n) is 8.84. The van der Waals surface area contributed by atoms with Gasteiger partial charge < -0.3 is 5.11 Å². The van der Waals surface area contributed by atoms with E-state index in [-0.39, 0.29) is 16.9 Å². The topological polar surface area (TPSA) is 26.7 Å². The number of rotatable bonds is 4. The monoisotopic (exact) mass is 328 g/mol. The van der Waals surface area contributed by atoms with E-state index in [1.807, 2.05) is 0 Å². The lowest BCUT2D eigenvalue weighted by Crippen LogP contribution is -2.78. The third-order valence-corrected chi connectivity index (χ3v) is 7.23. The van der Waals surface area contributed by atoms with Gasteiger partial charge in [-0.3, -0.25) is 9.80 Å². The Balaban J connectivity index is 1.67. The molecule has 1 N–H and O–H groups in total. The lowest BCUT2D eigenvalue weighted by atomic mass is 9.57. The van der Waals surface area contributed by atoms with Gasteiger partial charge in [0.05, 0.1) is 12.3 Å². The van der Waals surface area contributed by atoms with Crippen molar-refractivity contribution in [1.82, 2.24) is 9.80 Å². The molecular formula is C21H32N2O. The van der Waals surface area contributed by atoms with E-state index < -0.39 is 0 Å². The van der Waals surface area contributed by atoms with Gasteiger partial charge in [0.25, 0.3) is 0 Å². The van der Waals surface area contributed by atoms with E-state index in [4.69, 9.17) is 0 Å². The fraction of sp³-hybridized carbons (Fsp3) is 0.714. The van der Waals surface area contributed by atoms with Gasteiger partial charge >= 0.3 is 0 Å². The maximum absolute atomic E-state index is 11.1. The Morgan fingerprint density at radius 2 is 1.42 bits per heavy atom. The van der Waals surface area contributed by atoms with Crippen LogP contribution >= 0.6 is 0 Å². The summed E-state index contributed by atoms with van der Waals surface area (Å²) >= 11 is 0. The molecule has 0 aliphatic carbocycles. The highest BCUT2D eigenvalue weighted by Crippen LogP contribution is 2.56. The minimum absolute atomic E-state index is 0.0703. The van der Waals surface area contributed by atoms with Crippen molar-refractivity contribution in [3.05, 3.63) is 35.4 Å². The number of nitrogens with zero attached hydrogens (tertiary/aromatic N) is 2. The zero-order chi connectivity index (χ0) is 17.1. The van der Waals surface area contributed by atoms with E-state index in [1.54, 1.807) is 0 Å². The van der Waals surface area contributed by atoms with E-state index in [2.05, 4.69) is 61.8 Å². The molecule has 1 aromatic rings. The molecule has 4 heterocycles. The van der Waals surface area contributed by atoms with E-state index in [0.29, 0.717) is 12.1 Å². The number of aliphatic hydroxyl groups excluding tert-OH is 1. The highest BCUT2D eigenvalue weighted by atomic mass is 16.3. The average Bonchev–Trinajstić information content (AvgIpc) is 2.58. The molecule has 24 heavy (non-hydrogen) atoms. The fourth-order valence-corrected chi connectivity index (χ4v) is 5.71. The largest absolute Gasteiger partial charge is 0.392 e. The standard InChI is InChI=1S/C21H32N2O/c1-5-20-11-22-13-21(6-2,19(20)24)14-23(12-20)18(22)17-9-7-16(8-10-17)15(3)4/h7-10,15,18-19,24H,5-6,11-14H2,1-4H3. The third kappa shape index (κ3) is 2.14. The van der Waals surface area contributed by atoms with Gasteiger partial charge in [-0.25, -0.2) is 0 Å². The zero-order valence-electron chi connectivity index (χ0n) is 15.6. The summed E-state index contributed by atoms with van der Waals surface area (Å²) in [4.78, 5) is 5.30. The fourth-order valence-electron chi connectivity index (χ4n) is 5.71. The van der Waals surface area contributed by atoms with Crippen LogP contribution < -0.4 is 0 Å². The van der Waals surface area contributed by atoms with Crippen molar-refractivity contribution < 1.29 is 5.11 Å². The molecule has 0 spiro atoms. The smallest absolute Gasteiger partial charge is 0.0887 e. The molecule has 0 saturated carbocycles. The van der Waals surface area contributed by atoms with Crippen molar-refractivity contribution in [2.24, 2.45) is 10.8 Å². The van der Waals surface area contributed by atoms with E-state index in [9.17, 15) is 5.11 Å². The quantitative estimate of drug-likeness (QED) is 0.915. The molecule has 3 heteroatoms. The van der Waals surface area contributed by atoms with Crippen molar-refractivity contribution in [1.29, 1.82) is 0 Å². The first-order chi connectivity index (χ1) is 11.4. The molecule has 4 bridgehead atoms. The number of hydrogen-bond donors (Lipinski definition) is 1. The van der Waals surface area contributed by atoms with Gasteiger partial charge in [-0.15, -0.1) is 0 Å². The zero-order valence-corrected chi connectivity index (χ0v) is 15.6. The summed E-state index contributed by atoms with van der Waals surface area (Å²) in [5, 5.41) is 11.1. The first-order valence-corrected chi connectivity index (χ1v) is 9.71. The van der Waals surface area contributed by atoms with Crippen LogP contribution in [-0.2, 0) is 0 Å². The number of hydrogen-bond acceptors (Lipinski definition) is 3. The maximum Gasteiger partial charge on any atom is 0.0887 e. The van der Waals surface area contributed by atoms with Crippen LogP contribution in [0.5, 0.6) is 0 Å². The van der Waals surface area contributed by atoms with Crippen LogP contribution in [0.25, 0.3) is 0 Å². The molecular weight excluding hydrogens is 296 g/mol. The predicted octanol–water partition coefficient (Wildman–Crippen LogP) is 3.61. The molecule has 132 valence electrons. The van der Waals surface area contributed by atoms with Gasteiger partial charge in [-0.05, 0) is 29.9 Å². The summed E-state index contributed by atoms with van der Waals surface area (Å²) in [5.41, 5.74) is 2.98. The molecule has 1 aromatic carbocycles. The van der Waals surface area contributed by atoms with Crippen molar-refractivity contribution in [2.75, 3.05) is 26.2 Å². The van der Waals surface area contributed by atoms with Crippen molar-refractivity contribution in [3.8, 4) is 0 Å². The molecule has 3 nitrogen and oxygen atoms in total. The molecule has 5 rings (SSSR count). The molecule has 4 aliphatic rings. The van der Waals surface area contributed by atoms with Crippen LogP contribution in [0.4, 0.5) is 0 Å². The summed E-state index contributed by atoms with van der Waals surface area (Å²) in [6, 6.07) is 9.26. The molecule has 0 radical (unpaired) electrons. The van der Waals surface area contributed by atoms with E-state index >= 15 is 0 Å². The summed E-state index contributed by atoms with van der Waals surface area (Å²) < 4.78 is 0. The molecule has 4 saturated heterocycles. The summed E-state index contributed by atoms with van der Waals surface area (Å²) in [6.07, 6.45) is 2.40. The van der Waals surface area contributed by atoms with Crippen molar-refractivity contribution in [3.63, 3.8) is 0 Å². The van der Waals surface area contributed by atoms with E-state index in [0.717, 1.165) is 39.0 Å². The van der Waals surface area contributed by atoms with Gasteiger partial charge in [0.1, 0.15) is 0 Å². The minimum Gasteiger partial charge on any atom is -0.392 e. The summed E-state index contributed by atoms with van der Waals surface area (Å²) in [6.45, 7) is 13.2. The Morgan fingerprint density at radius 1 is 0.958 bits per heavy atom. The SMILES string of the molecule is CCC12CN3CC(CC)(CN(C1)C3c1ccc(C(C)C)cc1)C2O. The van der Waals surface area contributed by atoms with Crippen molar-refractivity contribution in [2.45, 2.75) is 58.7 Å². The number of benzene rings is 1. The van der Waals surface area contributed by atoms with Crippen molar-refractivity contribution >= 4 is 0 Å². The Morgan fingerprint density at radius 3 is 1.79 bits per heavy atom. The Hall–Kier alpha value is -0.900. The predicted molar refractivity (Wildman–Crippen MR) is 97.9 cm³/mol. The second-order valence-corrected chi connectivity index (χ2v) is 8.84. The van der Waals surface area contributed by atoms with Gasteiger partial charge in [0.15, 0.2) is 0 Å². The molecule has 0 unspecified atom stereocenters. The summed E-state index contributed by atoms with van der Waals surface area (Å²) in [7, 11) is 0. The van der Waals surface area contributed by atoms with E-state index in [1.165, 1.54) is 11.1 Å². The van der Waals surface area contributed by atoms with Crippen LogP contribution in [-0.4, -0.2) is 47.2 Å². The molecule has 4 aliphatic heterocycles. The highest BCUT2D eigenvalue weighted by Gasteiger charge is 2.63. The third-order valence-electron chi connectivity index (χ3n) is 7.23. The first-order valence-electron chi connectivity index (χ1n) is 9.71. The molecule has 0 amide bonds. The average molecular weight is 328 g/mol. The lowest BCUT2D eigenvalue weighted by Gasteiger charge is -2.69. The summed E-state index contributed by atoms with van der Waals surface area (Å²) in [5.74, 6) is 0.583. The van der Waals surface area contributed by atoms with Crippen LogP contribution in [0.3, 0.4) is 0 Å². The number of aliphatic hydroxyl groups is 1. The van der Waals surface area contributed by atoms with Gasteiger partial charge in [-0.1, -0.05) is 52.0 Å². The molecule has 0 aromatic heterocycles. The van der Waals surface area contributed by atoms with Gasteiger partial charge in [0, 0.05) is 37.0 Å². The van der Waals surface area contributed by atoms with Gasteiger partial charge in [0.2, 0.25) is 0 Å². The Bertz CT molecular complexity index is 569. The second kappa shape index (κ2) is 5.55. The molecule has 4 fully saturated rings. The number of piperidine rings is 2. The van der Waals surface area contributed by atoms with Crippen LogP contribution in [0, 0.1) is 10.8 Å². The Kier molecular flexibility index (Phi) is 3.83. The Labute approximate surface area is 146 Å².